The lowest BCUT2D eigenvalue weighted by Gasteiger charge is -2.34. The summed E-state index contributed by atoms with van der Waals surface area (Å²) >= 11 is 0. The van der Waals surface area contributed by atoms with E-state index in [-0.39, 0.29) is 18.0 Å². The van der Waals surface area contributed by atoms with E-state index >= 15 is 0 Å². The van der Waals surface area contributed by atoms with Crippen molar-refractivity contribution in [1.82, 2.24) is 15.1 Å². The zero-order valence-electron chi connectivity index (χ0n) is 13.9. The van der Waals surface area contributed by atoms with Crippen LogP contribution in [0.5, 0.6) is 0 Å². The highest BCUT2D eigenvalue weighted by Gasteiger charge is 2.28. The Kier molecular flexibility index (Phi) is 4.93. The Morgan fingerprint density at radius 3 is 2.77 bits per heavy atom. The Morgan fingerprint density at radius 1 is 1.41 bits per heavy atom. The van der Waals surface area contributed by atoms with Gasteiger partial charge in [0.1, 0.15) is 11.4 Å². The maximum atomic E-state index is 12.1. The molecule has 1 unspecified atom stereocenters. The van der Waals surface area contributed by atoms with Crippen LogP contribution in [0.3, 0.4) is 0 Å². The van der Waals surface area contributed by atoms with Gasteiger partial charge >= 0.3 is 6.09 Å². The normalized spacial score (nSPS) is 23.2. The molecule has 1 atom stereocenters. The molecule has 1 fully saturated rings. The number of hydrogen-bond acceptors (Lipinski definition) is 5. The molecule has 2 aliphatic heterocycles. The molecule has 22 heavy (non-hydrogen) atoms. The topological polar surface area (TPSA) is 74.2 Å². The molecule has 0 aromatic heterocycles. The molecule has 7 nitrogen and oxygen atoms in total. The molecule has 2 amide bonds. The van der Waals surface area contributed by atoms with Gasteiger partial charge in [0, 0.05) is 32.6 Å². The Hall–Kier alpha value is -1.79. The fourth-order valence-electron chi connectivity index (χ4n) is 2.55. The summed E-state index contributed by atoms with van der Waals surface area (Å²) in [6.45, 7) is 7.82. The van der Waals surface area contributed by atoms with Crippen LogP contribution < -0.4 is 5.32 Å². The smallest absolute Gasteiger partial charge is 0.410 e. The van der Waals surface area contributed by atoms with Crippen LogP contribution in [-0.2, 0) is 9.53 Å². The van der Waals surface area contributed by atoms with E-state index in [0.29, 0.717) is 32.6 Å². The maximum Gasteiger partial charge on any atom is 0.410 e. The highest BCUT2D eigenvalue weighted by Crippen LogP contribution is 2.13. The van der Waals surface area contributed by atoms with Gasteiger partial charge in [-0.05, 0) is 27.2 Å². The van der Waals surface area contributed by atoms with Crippen LogP contribution >= 0.6 is 0 Å². The van der Waals surface area contributed by atoms with Crippen LogP contribution in [0.1, 0.15) is 33.6 Å². The number of likely N-dealkylation sites (N-methyl/N-ethyl adjacent to an activating group) is 1. The van der Waals surface area contributed by atoms with Gasteiger partial charge in [-0.15, -0.1) is 0 Å². The number of nitrogens with zero attached hydrogens (tertiary/aromatic N) is 3. The number of aliphatic imine (C=N–C) groups is 1. The molecule has 1 N–H and O–H groups in total. The number of rotatable bonds is 1. The van der Waals surface area contributed by atoms with E-state index in [0.717, 1.165) is 12.3 Å². The van der Waals surface area contributed by atoms with Gasteiger partial charge in [0.15, 0.2) is 0 Å². The largest absolute Gasteiger partial charge is 0.444 e. The molecular weight excluding hydrogens is 284 g/mol. The monoisotopic (exact) mass is 310 g/mol. The van der Waals surface area contributed by atoms with E-state index < -0.39 is 5.60 Å². The first kappa shape index (κ1) is 16.6. The van der Waals surface area contributed by atoms with Gasteiger partial charge in [0.05, 0.1) is 13.1 Å². The molecule has 7 heteroatoms. The van der Waals surface area contributed by atoms with Gasteiger partial charge in [-0.25, -0.2) is 4.79 Å². The van der Waals surface area contributed by atoms with Crippen LogP contribution in [0, 0.1) is 0 Å². The highest BCUT2D eigenvalue weighted by atomic mass is 16.6. The molecule has 0 aromatic rings. The quantitative estimate of drug-likeness (QED) is 0.779. The average molecular weight is 310 g/mol. The Labute approximate surface area is 131 Å². The van der Waals surface area contributed by atoms with Gasteiger partial charge in [-0.1, -0.05) is 0 Å². The fraction of sp³-hybridized carbons (Fsp3) is 0.800. The summed E-state index contributed by atoms with van der Waals surface area (Å²) in [6.07, 6.45) is 1.05. The zero-order chi connectivity index (χ0) is 16.3. The van der Waals surface area contributed by atoms with Gasteiger partial charge in [-0.2, -0.15) is 0 Å². The van der Waals surface area contributed by atoms with Gasteiger partial charge in [0.2, 0.25) is 5.91 Å². The summed E-state index contributed by atoms with van der Waals surface area (Å²) in [5.41, 5.74) is -0.494. The standard InChI is InChI=1S/C15H26N4O3/c1-15(2,3)22-14(21)19-8-7-16-12(10-19)17-11-5-6-13(20)18(4)9-11/h11H,5-10H2,1-4H3,(H,16,17). The fourth-order valence-corrected chi connectivity index (χ4v) is 2.55. The van der Waals surface area contributed by atoms with Crippen molar-refractivity contribution in [2.75, 3.05) is 33.2 Å². The van der Waals surface area contributed by atoms with Crippen molar-refractivity contribution >= 4 is 17.8 Å². The van der Waals surface area contributed by atoms with Crippen molar-refractivity contribution in [3.8, 4) is 0 Å². The third-order valence-corrected chi connectivity index (χ3v) is 3.66. The molecule has 0 aromatic carbocycles. The first-order valence-electron chi connectivity index (χ1n) is 7.76. The Bertz CT molecular complexity index is 470. The van der Waals surface area contributed by atoms with Crippen molar-refractivity contribution in [2.45, 2.75) is 45.3 Å². The molecule has 2 rings (SSSR count). The van der Waals surface area contributed by atoms with Crippen molar-refractivity contribution in [1.29, 1.82) is 0 Å². The summed E-state index contributed by atoms with van der Waals surface area (Å²) in [5.74, 6) is 0.976. The Balaban J connectivity index is 1.87. The van der Waals surface area contributed by atoms with E-state index in [1.807, 2.05) is 27.8 Å². The second kappa shape index (κ2) is 6.54. The lowest BCUT2D eigenvalue weighted by molar-refractivity contribution is -0.132. The number of ether oxygens (including phenoxy) is 1. The predicted octanol–water partition coefficient (Wildman–Crippen LogP) is 0.846. The lowest BCUT2D eigenvalue weighted by Crippen LogP contribution is -2.53. The van der Waals surface area contributed by atoms with Crippen LogP contribution in [0.25, 0.3) is 0 Å². The van der Waals surface area contributed by atoms with Crippen molar-refractivity contribution in [3.05, 3.63) is 0 Å². The minimum atomic E-state index is -0.494. The molecule has 0 bridgehead atoms. The van der Waals surface area contributed by atoms with E-state index in [1.54, 1.807) is 9.80 Å². The summed E-state index contributed by atoms with van der Waals surface area (Å²) in [6, 6.07) is 0.194. The maximum absolute atomic E-state index is 12.1. The van der Waals surface area contributed by atoms with E-state index in [9.17, 15) is 9.59 Å². The highest BCUT2D eigenvalue weighted by molar-refractivity contribution is 5.88. The molecule has 1 saturated heterocycles. The lowest BCUT2D eigenvalue weighted by atomic mass is 10.1. The minimum absolute atomic E-state index is 0.180. The van der Waals surface area contributed by atoms with E-state index in [4.69, 9.17) is 4.74 Å². The number of carbonyl (C=O) groups excluding carboxylic acids is 2. The number of hydrogen-bond donors (Lipinski definition) is 1. The van der Waals surface area contributed by atoms with Crippen molar-refractivity contribution in [3.63, 3.8) is 0 Å². The predicted molar refractivity (Wildman–Crippen MR) is 83.9 cm³/mol. The summed E-state index contributed by atoms with van der Waals surface area (Å²) in [4.78, 5) is 31.5. The molecule has 0 radical (unpaired) electrons. The summed E-state index contributed by atoms with van der Waals surface area (Å²) < 4.78 is 5.40. The number of nitrogens with one attached hydrogen (secondary N) is 1. The van der Waals surface area contributed by atoms with Gasteiger partial charge in [0.25, 0.3) is 0 Å². The van der Waals surface area contributed by atoms with Crippen molar-refractivity contribution < 1.29 is 14.3 Å². The first-order valence-corrected chi connectivity index (χ1v) is 7.76. The number of amides is 2. The molecule has 0 aliphatic carbocycles. The number of amidine groups is 1. The molecule has 0 spiro atoms. The number of likely N-dealkylation sites (tertiary alicyclic amines) is 1. The second-order valence-electron chi connectivity index (χ2n) is 6.88. The average Bonchev–Trinajstić information content (AvgIpc) is 2.41. The van der Waals surface area contributed by atoms with Gasteiger partial charge in [-0.3, -0.25) is 14.7 Å². The Morgan fingerprint density at radius 2 is 2.14 bits per heavy atom. The summed E-state index contributed by atoms with van der Waals surface area (Å²) in [7, 11) is 1.81. The molecule has 2 aliphatic rings. The third-order valence-electron chi connectivity index (χ3n) is 3.66. The summed E-state index contributed by atoms with van der Waals surface area (Å²) in [5, 5.41) is 3.36. The van der Waals surface area contributed by atoms with Crippen LogP contribution in [0.4, 0.5) is 4.79 Å². The zero-order valence-corrected chi connectivity index (χ0v) is 13.9. The first-order chi connectivity index (χ1) is 10.2. The van der Waals surface area contributed by atoms with Crippen LogP contribution in [0.2, 0.25) is 0 Å². The minimum Gasteiger partial charge on any atom is -0.444 e. The van der Waals surface area contributed by atoms with Crippen molar-refractivity contribution in [2.24, 2.45) is 4.99 Å². The van der Waals surface area contributed by atoms with Crippen LogP contribution in [-0.4, -0.2) is 72.5 Å². The van der Waals surface area contributed by atoms with Gasteiger partial charge < -0.3 is 15.0 Å². The third kappa shape index (κ3) is 4.61. The molecule has 2 heterocycles. The van der Waals surface area contributed by atoms with E-state index in [2.05, 4.69) is 10.3 Å². The molecular formula is C15H26N4O3. The molecule has 0 saturated carbocycles. The number of carbonyl (C=O) groups is 2. The van der Waals surface area contributed by atoms with Crippen LogP contribution in [0.15, 0.2) is 4.99 Å². The number of piperidine rings is 1. The SMILES string of the molecule is CN1CC(NC2=NCCN(C(=O)OC(C)(C)C)C2)CCC1=O. The van der Waals surface area contributed by atoms with E-state index in [1.165, 1.54) is 0 Å². The second-order valence-corrected chi connectivity index (χ2v) is 6.88. The molecule has 124 valence electrons.